The second-order valence-electron chi connectivity index (χ2n) is 12.6. The molecule has 1 N–H and O–H groups in total. The predicted molar refractivity (Wildman–Crippen MR) is 177 cm³/mol. The predicted octanol–water partition coefficient (Wildman–Crippen LogP) is 7.22. The van der Waals surface area contributed by atoms with Crippen LogP contribution < -0.4 is 5.32 Å². The molecule has 3 amide bonds. The minimum Gasteiger partial charge on any atom is -0.339 e. The Balaban J connectivity index is 1.32. The van der Waals surface area contributed by atoms with Crippen molar-refractivity contribution < 1.29 is 14.4 Å². The van der Waals surface area contributed by atoms with E-state index in [9.17, 15) is 14.4 Å². The Morgan fingerprint density at radius 1 is 1.00 bits per heavy atom. The Bertz CT molecular complexity index is 1450. The number of nitrogens with zero attached hydrogens (tertiary/aromatic N) is 3. The summed E-state index contributed by atoms with van der Waals surface area (Å²) in [5, 5.41) is 3.50. The maximum Gasteiger partial charge on any atom is 0.257 e. The minimum atomic E-state index is -0.165. The Labute approximate surface area is 264 Å². The number of amides is 3. The molecule has 43 heavy (non-hydrogen) atoms. The van der Waals surface area contributed by atoms with Crippen molar-refractivity contribution in [3.8, 4) is 0 Å². The molecule has 1 fully saturated rings. The van der Waals surface area contributed by atoms with Gasteiger partial charge in [0.05, 0.1) is 10.4 Å². The van der Waals surface area contributed by atoms with E-state index in [0.717, 1.165) is 39.3 Å². The van der Waals surface area contributed by atoms with Gasteiger partial charge in [-0.05, 0) is 78.5 Å². The summed E-state index contributed by atoms with van der Waals surface area (Å²) in [4.78, 5) is 45.9. The molecule has 0 aliphatic carbocycles. The number of nitrogens with one attached hydrogen (secondary N) is 1. The number of hydrogen-bond acceptors (Lipinski definition) is 6. The van der Waals surface area contributed by atoms with Gasteiger partial charge >= 0.3 is 0 Å². The molecule has 1 aromatic heterocycles. The smallest absolute Gasteiger partial charge is 0.257 e. The molecule has 0 saturated carbocycles. The van der Waals surface area contributed by atoms with E-state index in [-0.39, 0.29) is 17.7 Å². The standard InChI is InChI=1S/C34H44N4O3S2/c1-22-18-27(19-29(24(22)3)32(41)38-16-14-37(15-17-38)25(4)39)21-42-30-20-35-33(43-30)36-31(40)28-12-10-26(11-13-28)9-8-23(2)34(5,6)7/h10-13,18-20,23H,8-9,14-17,21H2,1-7H3,(H,35,36,40). The molecule has 0 bridgehead atoms. The van der Waals surface area contributed by atoms with Crippen LogP contribution in [-0.4, -0.2) is 58.7 Å². The van der Waals surface area contributed by atoms with Crippen LogP contribution in [0.25, 0.3) is 0 Å². The van der Waals surface area contributed by atoms with Crippen LogP contribution in [-0.2, 0) is 17.0 Å². The normalized spacial score (nSPS) is 14.5. The Morgan fingerprint density at radius 2 is 1.65 bits per heavy atom. The summed E-state index contributed by atoms with van der Waals surface area (Å²) in [6, 6.07) is 12.0. The van der Waals surface area contributed by atoms with Crippen LogP contribution >= 0.6 is 23.1 Å². The lowest BCUT2D eigenvalue weighted by Gasteiger charge is -2.34. The van der Waals surface area contributed by atoms with Crippen LogP contribution in [0.5, 0.6) is 0 Å². The number of hydrogen-bond donors (Lipinski definition) is 1. The van der Waals surface area contributed by atoms with Crippen molar-refractivity contribution in [2.75, 3.05) is 31.5 Å². The lowest BCUT2D eigenvalue weighted by atomic mass is 9.79. The summed E-state index contributed by atoms with van der Waals surface area (Å²) >= 11 is 3.09. The molecule has 4 rings (SSSR count). The maximum absolute atomic E-state index is 13.4. The first-order chi connectivity index (χ1) is 20.3. The van der Waals surface area contributed by atoms with Gasteiger partial charge in [0.2, 0.25) is 5.91 Å². The molecule has 230 valence electrons. The lowest BCUT2D eigenvalue weighted by molar-refractivity contribution is -0.130. The highest BCUT2D eigenvalue weighted by Crippen LogP contribution is 2.32. The largest absolute Gasteiger partial charge is 0.339 e. The summed E-state index contributed by atoms with van der Waals surface area (Å²) in [6.45, 7) is 17.0. The number of carbonyl (C=O) groups is 3. The van der Waals surface area contributed by atoms with Crippen LogP contribution in [0.1, 0.15) is 84.0 Å². The third kappa shape index (κ3) is 8.70. The third-order valence-corrected chi connectivity index (χ3v) is 10.8. The molecule has 1 aliphatic rings. The van der Waals surface area contributed by atoms with Crippen molar-refractivity contribution in [1.29, 1.82) is 0 Å². The van der Waals surface area contributed by atoms with Gasteiger partial charge in [-0.25, -0.2) is 4.98 Å². The van der Waals surface area contributed by atoms with E-state index >= 15 is 0 Å². The van der Waals surface area contributed by atoms with Gasteiger partial charge in [-0.1, -0.05) is 57.2 Å². The van der Waals surface area contributed by atoms with E-state index in [1.165, 1.54) is 16.9 Å². The fraction of sp³-hybridized carbons (Fsp3) is 0.471. The average Bonchev–Trinajstić information content (AvgIpc) is 3.42. The number of thiazole rings is 1. The maximum atomic E-state index is 13.4. The summed E-state index contributed by atoms with van der Waals surface area (Å²) < 4.78 is 0.991. The second kappa shape index (κ2) is 14.1. The Hall–Kier alpha value is -3.17. The van der Waals surface area contributed by atoms with Gasteiger partial charge in [-0.15, -0.1) is 11.8 Å². The van der Waals surface area contributed by atoms with Gasteiger partial charge < -0.3 is 9.80 Å². The van der Waals surface area contributed by atoms with Gasteiger partial charge in [-0.2, -0.15) is 0 Å². The molecule has 1 atom stereocenters. The molecule has 1 unspecified atom stereocenters. The zero-order valence-electron chi connectivity index (χ0n) is 26.5. The molecule has 7 nitrogen and oxygen atoms in total. The van der Waals surface area contributed by atoms with E-state index < -0.39 is 0 Å². The van der Waals surface area contributed by atoms with Crippen LogP contribution in [0, 0.1) is 25.2 Å². The number of aryl methyl sites for hydroxylation is 2. The SMILES string of the molecule is CC(=O)N1CCN(C(=O)c2cc(CSc3cnc(NC(=O)c4ccc(CCC(C)C(C)(C)C)cc4)s3)cc(C)c2C)CC1. The Kier molecular flexibility index (Phi) is 10.7. The summed E-state index contributed by atoms with van der Waals surface area (Å²) in [5.41, 5.74) is 6.01. The third-order valence-electron chi connectivity index (χ3n) is 8.62. The summed E-state index contributed by atoms with van der Waals surface area (Å²) in [5.74, 6) is 1.21. The number of thioether (sulfide) groups is 1. The molecule has 0 radical (unpaired) electrons. The first-order valence-corrected chi connectivity index (χ1v) is 16.8. The number of benzene rings is 2. The summed E-state index contributed by atoms with van der Waals surface area (Å²) in [7, 11) is 0. The first-order valence-electron chi connectivity index (χ1n) is 15.0. The van der Waals surface area contributed by atoms with Gasteiger partial charge in [0, 0.05) is 50.0 Å². The zero-order valence-corrected chi connectivity index (χ0v) is 28.1. The molecular weight excluding hydrogens is 577 g/mol. The van der Waals surface area contributed by atoms with Crippen molar-refractivity contribution in [3.63, 3.8) is 0 Å². The van der Waals surface area contributed by atoms with Gasteiger partial charge in [0.25, 0.3) is 11.8 Å². The van der Waals surface area contributed by atoms with E-state index in [2.05, 4.69) is 44.1 Å². The van der Waals surface area contributed by atoms with E-state index in [1.54, 1.807) is 29.8 Å². The molecule has 1 saturated heterocycles. The van der Waals surface area contributed by atoms with Crippen molar-refractivity contribution in [1.82, 2.24) is 14.8 Å². The average molecular weight is 621 g/mol. The molecule has 3 aromatic rings. The highest BCUT2D eigenvalue weighted by atomic mass is 32.2. The number of carbonyl (C=O) groups excluding carboxylic acids is 3. The molecule has 0 spiro atoms. The van der Waals surface area contributed by atoms with E-state index in [0.29, 0.717) is 54.0 Å². The second-order valence-corrected chi connectivity index (χ2v) is 14.9. The fourth-order valence-electron chi connectivity index (χ4n) is 4.98. The Morgan fingerprint density at radius 3 is 2.28 bits per heavy atom. The van der Waals surface area contributed by atoms with Crippen LogP contribution in [0.4, 0.5) is 5.13 Å². The van der Waals surface area contributed by atoms with Crippen molar-refractivity contribution in [2.24, 2.45) is 11.3 Å². The van der Waals surface area contributed by atoms with Crippen LogP contribution in [0.15, 0.2) is 46.8 Å². The fourth-order valence-corrected chi connectivity index (χ4v) is 6.78. The molecular formula is C34H44N4O3S2. The van der Waals surface area contributed by atoms with Gasteiger partial charge in [0.15, 0.2) is 5.13 Å². The number of piperazine rings is 1. The lowest BCUT2D eigenvalue weighted by Crippen LogP contribution is -2.50. The zero-order chi connectivity index (χ0) is 31.3. The first kappa shape index (κ1) is 32.7. The van der Waals surface area contributed by atoms with Gasteiger partial charge in [0.1, 0.15) is 0 Å². The van der Waals surface area contributed by atoms with Gasteiger partial charge in [-0.3, -0.25) is 19.7 Å². The van der Waals surface area contributed by atoms with Crippen molar-refractivity contribution in [2.45, 2.75) is 71.3 Å². The number of aromatic nitrogens is 1. The van der Waals surface area contributed by atoms with E-state index in [4.69, 9.17) is 0 Å². The highest BCUT2D eigenvalue weighted by Gasteiger charge is 2.25. The number of anilines is 1. The highest BCUT2D eigenvalue weighted by molar-refractivity contribution is 8.00. The van der Waals surface area contributed by atoms with E-state index in [1.807, 2.05) is 49.1 Å². The minimum absolute atomic E-state index is 0.0194. The molecule has 2 aromatic carbocycles. The molecule has 2 heterocycles. The number of rotatable bonds is 9. The monoisotopic (exact) mass is 620 g/mol. The molecule has 1 aliphatic heterocycles. The van der Waals surface area contributed by atoms with Crippen LogP contribution in [0.2, 0.25) is 0 Å². The summed E-state index contributed by atoms with van der Waals surface area (Å²) in [6.07, 6.45) is 3.90. The topological polar surface area (TPSA) is 82.6 Å². The van der Waals surface area contributed by atoms with Crippen molar-refractivity contribution >= 4 is 46.0 Å². The quantitative estimate of drug-likeness (QED) is 0.255. The molecule has 9 heteroatoms. The van der Waals surface area contributed by atoms with Crippen molar-refractivity contribution in [3.05, 3.63) is 76.0 Å². The van der Waals surface area contributed by atoms with Crippen LogP contribution in [0.3, 0.4) is 0 Å².